The molecule has 242 valence electrons. The molecule has 8 rings (SSSR count). The van der Waals surface area contributed by atoms with E-state index in [1.807, 2.05) is 60.7 Å². The van der Waals surface area contributed by atoms with E-state index < -0.39 is 37.0 Å². The van der Waals surface area contributed by atoms with Gasteiger partial charge in [0.15, 0.2) is 12.6 Å². The zero-order chi connectivity index (χ0) is 32.1. The van der Waals surface area contributed by atoms with E-state index >= 15 is 0 Å². The first kappa shape index (κ1) is 30.9. The molecule has 2 aliphatic heterocycles. The molecule has 6 atom stereocenters. The van der Waals surface area contributed by atoms with Crippen molar-refractivity contribution >= 4 is 21.5 Å². The topological polar surface area (TPSA) is 55.4 Å². The molecule has 0 aromatic heterocycles. The molecule has 0 bridgehead atoms. The van der Waals surface area contributed by atoms with Gasteiger partial charge in [-0.1, -0.05) is 146 Å². The smallest absolute Gasteiger partial charge is 0.184 e. The molecule has 0 aliphatic carbocycles. The molecule has 0 amide bonds. The van der Waals surface area contributed by atoms with E-state index in [9.17, 15) is 0 Å². The van der Waals surface area contributed by atoms with Crippen LogP contribution in [0.3, 0.4) is 0 Å². The zero-order valence-electron chi connectivity index (χ0n) is 26.6. The highest BCUT2D eigenvalue weighted by molar-refractivity contribution is 5.86. The van der Waals surface area contributed by atoms with E-state index in [1.165, 1.54) is 21.5 Å². The lowest BCUT2D eigenvalue weighted by Crippen LogP contribution is -2.57. The Hall–Kier alpha value is -4.40. The first-order valence-electron chi connectivity index (χ1n) is 16.6. The second kappa shape index (κ2) is 14.4. The third kappa shape index (κ3) is 6.64. The van der Waals surface area contributed by atoms with Gasteiger partial charge in [-0.25, -0.2) is 0 Å². The molecule has 0 radical (unpaired) electrons. The second-order valence-corrected chi connectivity index (χ2v) is 12.3. The summed E-state index contributed by atoms with van der Waals surface area (Å²) < 4.78 is 39.7. The Kier molecular flexibility index (Phi) is 9.26. The molecule has 2 unspecified atom stereocenters. The van der Waals surface area contributed by atoms with Crippen molar-refractivity contribution in [2.75, 3.05) is 13.2 Å². The summed E-state index contributed by atoms with van der Waals surface area (Å²) in [6.45, 7) is 1.47. The van der Waals surface area contributed by atoms with Crippen LogP contribution in [0, 0.1) is 0 Å². The molecule has 6 aromatic rings. The van der Waals surface area contributed by atoms with E-state index in [0.717, 1.165) is 22.3 Å². The summed E-state index contributed by atoms with van der Waals surface area (Å²) in [4.78, 5) is 0. The maximum Gasteiger partial charge on any atom is 0.184 e. The van der Waals surface area contributed by atoms with Crippen LogP contribution in [0.25, 0.3) is 21.5 Å². The molecule has 2 fully saturated rings. The number of ether oxygens (including phenoxy) is 6. The van der Waals surface area contributed by atoms with Crippen LogP contribution in [-0.2, 0) is 41.6 Å². The summed E-state index contributed by atoms with van der Waals surface area (Å²) >= 11 is 0. The molecule has 2 saturated heterocycles. The van der Waals surface area contributed by atoms with Gasteiger partial charge in [-0.2, -0.15) is 0 Å². The van der Waals surface area contributed by atoms with Crippen LogP contribution < -0.4 is 0 Å². The Morgan fingerprint density at radius 1 is 0.438 bits per heavy atom. The standard InChI is InChI=1S/C42H38O6/c1-3-15-31(16-4-1)41-45-27-37(43-25-33-21-11-19-29-13-7-9-23-35(29)33)39(47-41)40-38(28-46-42(48-40)32-17-5-2-6-18-32)44-26-34-22-12-20-30-14-8-10-24-36(30)34/h1-24,37-42H,25-28H2/t37-,38-,39-,40-,41?,42?/m1/s1. The number of rotatable bonds is 9. The third-order valence-electron chi connectivity index (χ3n) is 9.25. The van der Waals surface area contributed by atoms with Crippen molar-refractivity contribution in [1.82, 2.24) is 0 Å². The van der Waals surface area contributed by atoms with Gasteiger partial charge in [-0.05, 0) is 32.7 Å². The van der Waals surface area contributed by atoms with Crippen molar-refractivity contribution in [3.05, 3.63) is 168 Å². The highest BCUT2D eigenvalue weighted by Crippen LogP contribution is 2.37. The summed E-state index contributed by atoms with van der Waals surface area (Å²) in [5, 5.41) is 4.69. The third-order valence-corrected chi connectivity index (χ3v) is 9.25. The lowest BCUT2D eigenvalue weighted by Gasteiger charge is -2.45. The monoisotopic (exact) mass is 638 g/mol. The van der Waals surface area contributed by atoms with Gasteiger partial charge in [-0.3, -0.25) is 0 Å². The Bertz CT molecular complexity index is 1790. The maximum absolute atomic E-state index is 6.83. The lowest BCUT2D eigenvalue weighted by molar-refractivity contribution is -0.341. The average Bonchev–Trinajstić information content (AvgIpc) is 3.17. The van der Waals surface area contributed by atoms with Crippen molar-refractivity contribution in [2.45, 2.75) is 50.2 Å². The predicted octanol–water partition coefficient (Wildman–Crippen LogP) is 8.69. The summed E-state index contributed by atoms with van der Waals surface area (Å²) in [6, 6.07) is 49.4. The van der Waals surface area contributed by atoms with E-state index in [0.29, 0.717) is 26.4 Å². The largest absolute Gasteiger partial charge is 0.368 e. The molecule has 6 heteroatoms. The number of hydrogen-bond acceptors (Lipinski definition) is 6. The molecule has 2 heterocycles. The summed E-state index contributed by atoms with van der Waals surface area (Å²) in [7, 11) is 0. The van der Waals surface area contributed by atoms with Gasteiger partial charge < -0.3 is 28.4 Å². The average molecular weight is 639 g/mol. The first-order chi connectivity index (χ1) is 23.8. The van der Waals surface area contributed by atoms with Crippen LogP contribution in [0.15, 0.2) is 146 Å². The minimum Gasteiger partial charge on any atom is -0.368 e. The van der Waals surface area contributed by atoms with Gasteiger partial charge >= 0.3 is 0 Å². The van der Waals surface area contributed by atoms with E-state index in [4.69, 9.17) is 28.4 Å². The summed E-state index contributed by atoms with van der Waals surface area (Å²) in [5.74, 6) is 0. The fourth-order valence-electron chi connectivity index (χ4n) is 6.76. The molecule has 6 aromatic carbocycles. The zero-order valence-corrected chi connectivity index (χ0v) is 26.6. The first-order valence-corrected chi connectivity index (χ1v) is 16.6. The van der Waals surface area contributed by atoms with Crippen LogP contribution in [0.4, 0.5) is 0 Å². The van der Waals surface area contributed by atoms with E-state index in [1.54, 1.807) is 0 Å². The minimum absolute atomic E-state index is 0.335. The molecule has 2 aliphatic rings. The number of benzene rings is 6. The van der Waals surface area contributed by atoms with Gasteiger partial charge in [0.2, 0.25) is 0 Å². The Morgan fingerprint density at radius 2 is 0.833 bits per heavy atom. The van der Waals surface area contributed by atoms with Gasteiger partial charge in [0.1, 0.15) is 24.4 Å². The van der Waals surface area contributed by atoms with Crippen LogP contribution in [0.1, 0.15) is 34.8 Å². The lowest BCUT2D eigenvalue weighted by atomic mass is 9.99. The Morgan fingerprint density at radius 3 is 1.29 bits per heavy atom. The van der Waals surface area contributed by atoms with Crippen molar-refractivity contribution in [1.29, 1.82) is 0 Å². The molecule has 0 N–H and O–H groups in total. The van der Waals surface area contributed by atoms with E-state index in [-0.39, 0.29) is 0 Å². The number of fused-ring (bicyclic) bond motifs is 2. The van der Waals surface area contributed by atoms with Crippen molar-refractivity contribution < 1.29 is 28.4 Å². The van der Waals surface area contributed by atoms with E-state index in [2.05, 4.69) is 84.9 Å². The van der Waals surface area contributed by atoms with Crippen LogP contribution in [-0.4, -0.2) is 37.6 Å². The summed E-state index contributed by atoms with van der Waals surface area (Å²) in [5.41, 5.74) is 4.09. The molecular weight excluding hydrogens is 600 g/mol. The fourth-order valence-corrected chi connectivity index (χ4v) is 6.76. The molecule has 6 nitrogen and oxygen atoms in total. The van der Waals surface area contributed by atoms with Gasteiger partial charge in [0.05, 0.1) is 26.4 Å². The predicted molar refractivity (Wildman–Crippen MR) is 185 cm³/mol. The number of hydrogen-bond donors (Lipinski definition) is 0. The highest BCUT2D eigenvalue weighted by atomic mass is 16.7. The Balaban J connectivity index is 1.11. The molecule has 48 heavy (non-hydrogen) atoms. The quantitative estimate of drug-likeness (QED) is 0.158. The molecular formula is C42H38O6. The van der Waals surface area contributed by atoms with Gasteiger partial charge in [0, 0.05) is 11.1 Å². The Labute approximate surface area is 280 Å². The van der Waals surface area contributed by atoms with Crippen molar-refractivity contribution in [3.8, 4) is 0 Å². The summed E-state index contributed by atoms with van der Waals surface area (Å²) in [6.07, 6.45) is -3.01. The normalized spacial score (nSPS) is 24.5. The second-order valence-electron chi connectivity index (χ2n) is 12.3. The van der Waals surface area contributed by atoms with Crippen molar-refractivity contribution in [2.24, 2.45) is 0 Å². The van der Waals surface area contributed by atoms with Gasteiger partial charge in [-0.15, -0.1) is 0 Å². The van der Waals surface area contributed by atoms with Crippen LogP contribution in [0.5, 0.6) is 0 Å². The minimum atomic E-state index is -0.575. The van der Waals surface area contributed by atoms with Crippen molar-refractivity contribution in [3.63, 3.8) is 0 Å². The highest BCUT2D eigenvalue weighted by Gasteiger charge is 2.47. The molecule has 0 spiro atoms. The van der Waals surface area contributed by atoms with Crippen LogP contribution in [0.2, 0.25) is 0 Å². The van der Waals surface area contributed by atoms with Gasteiger partial charge in [0.25, 0.3) is 0 Å². The fraction of sp³-hybridized carbons (Fsp3) is 0.238. The molecule has 0 saturated carbocycles. The SMILES string of the molecule is c1ccc(C2OC[C@@H](OCc3cccc4ccccc34)[C@H]([C@@H]3OC(c4ccccc4)OC[C@H]3OCc3cccc4ccccc34)O2)cc1. The van der Waals surface area contributed by atoms with Crippen LogP contribution >= 0.6 is 0 Å². The maximum atomic E-state index is 6.83.